The smallest absolute Gasteiger partial charge is 0.159 e. The van der Waals surface area contributed by atoms with Crippen molar-refractivity contribution in [2.24, 2.45) is 11.8 Å². The van der Waals surface area contributed by atoms with E-state index in [0.29, 0.717) is 0 Å². The predicted octanol–water partition coefficient (Wildman–Crippen LogP) is 8.42. The molecule has 176 valence electrons. The van der Waals surface area contributed by atoms with Crippen molar-refractivity contribution < 1.29 is 4.74 Å². The van der Waals surface area contributed by atoms with E-state index in [4.69, 9.17) is 4.74 Å². The Kier molecular flexibility index (Phi) is 11.0. The third-order valence-electron chi connectivity index (χ3n) is 7.10. The summed E-state index contributed by atoms with van der Waals surface area (Å²) in [7, 11) is 0. The molecular weight excluding hydrogens is 392 g/mol. The monoisotopic (exact) mass is 436 g/mol. The minimum Gasteiger partial charge on any atom is -0.493 e. The van der Waals surface area contributed by atoms with Gasteiger partial charge in [-0.05, 0) is 67.3 Å². The molecule has 2 unspecified atom stereocenters. The molecule has 0 radical (unpaired) electrons. The summed E-state index contributed by atoms with van der Waals surface area (Å²) in [6, 6.07) is 8.27. The summed E-state index contributed by atoms with van der Waals surface area (Å²) in [5.41, 5.74) is 2.30. The molecule has 1 aliphatic rings. The quantitative estimate of drug-likeness (QED) is 0.263. The highest BCUT2D eigenvalue weighted by Gasteiger charge is 2.23. The Morgan fingerprint density at radius 1 is 0.781 bits per heavy atom. The number of benzene rings is 1. The van der Waals surface area contributed by atoms with Gasteiger partial charge in [0.1, 0.15) is 5.75 Å². The standard InChI is InChI=1S/C29H44N2O/c1-3-5-6-7-8-9-10-11-12-13-26-21-30-29(31-22-26)27-16-18-28(19-17-27)32-23-25-15-14-24(4-2)20-25/h16-19,21-22,24-25H,3-15,20,23H2,1-2H3. The number of hydrogen-bond donors (Lipinski definition) is 0. The normalized spacial score (nSPS) is 18.2. The molecule has 0 N–H and O–H groups in total. The first-order chi connectivity index (χ1) is 15.8. The summed E-state index contributed by atoms with van der Waals surface area (Å²) >= 11 is 0. The van der Waals surface area contributed by atoms with Crippen LogP contribution in [0.4, 0.5) is 0 Å². The summed E-state index contributed by atoms with van der Waals surface area (Å²) < 4.78 is 6.05. The first kappa shape index (κ1) is 24.7. The molecule has 3 rings (SSSR count). The molecular formula is C29H44N2O. The lowest BCUT2D eigenvalue weighted by atomic mass is 10.0. The zero-order valence-corrected chi connectivity index (χ0v) is 20.5. The van der Waals surface area contributed by atoms with Gasteiger partial charge < -0.3 is 4.74 Å². The van der Waals surface area contributed by atoms with Crippen molar-refractivity contribution in [3.63, 3.8) is 0 Å². The van der Waals surface area contributed by atoms with Gasteiger partial charge in [-0.1, -0.05) is 78.1 Å². The SMILES string of the molecule is CCCCCCCCCCCc1cnc(-c2ccc(OCC3CCC(CC)C3)cc2)nc1. The Balaban J connectivity index is 1.33. The zero-order chi connectivity index (χ0) is 22.4. The van der Waals surface area contributed by atoms with Crippen molar-refractivity contribution >= 4 is 0 Å². The van der Waals surface area contributed by atoms with Gasteiger partial charge in [-0.25, -0.2) is 9.97 Å². The minimum atomic E-state index is 0.723. The number of ether oxygens (including phenoxy) is 1. The van der Waals surface area contributed by atoms with Crippen LogP contribution in [0, 0.1) is 11.8 Å². The zero-order valence-electron chi connectivity index (χ0n) is 20.5. The van der Waals surface area contributed by atoms with E-state index in [0.717, 1.165) is 42.0 Å². The van der Waals surface area contributed by atoms with Crippen molar-refractivity contribution in [3.05, 3.63) is 42.2 Å². The predicted molar refractivity (Wildman–Crippen MR) is 135 cm³/mol. The second kappa shape index (κ2) is 14.3. The minimum absolute atomic E-state index is 0.723. The lowest BCUT2D eigenvalue weighted by Gasteiger charge is -2.12. The van der Waals surface area contributed by atoms with Crippen molar-refractivity contribution in [3.8, 4) is 17.1 Å². The van der Waals surface area contributed by atoms with Crippen molar-refractivity contribution in [1.29, 1.82) is 0 Å². The van der Waals surface area contributed by atoms with E-state index in [2.05, 4.69) is 48.1 Å². The van der Waals surface area contributed by atoms with E-state index in [-0.39, 0.29) is 0 Å². The Morgan fingerprint density at radius 3 is 2.03 bits per heavy atom. The summed E-state index contributed by atoms with van der Waals surface area (Å²) in [5, 5.41) is 0. The maximum Gasteiger partial charge on any atom is 0.159 e. The molecule has 0 spiro atoms. The van der Waals surface area contributed by atoms with Crippen molar-refractivity contribution in [2.75, 3.05) is 6.61 Å². The second-order valence-electron chi connectivity index (χ2n) is 9.78. The van der Waals surface area contributed by atoms with Gasteiger partial charge in [0.25, 0.3) is 0 Å². The van der Waals surface area contributed by atoms with Crippen LogP contribution in [0.3, 0.4) is 0 Å². The van der Waals surface area contributed by atoms with Crippen LogP contribution < -0.4 is 4.74 Å². The van der Waals surface area contributed by atoms with E-state index >= 15 is 0 Å². The molecule has 2 aromatic rings. The highest BCUT2D eigenvalue weighted by Crippen LogP contribution is 2.33. The number of unbranched alkanes of at least 4 members (excludes halogenated alkanes) is 8. The van der Waals surface area contributed by atoms with Crippen LogP contribution in [0.5, 0.6) is 5.75 Å². The number of nitrogens with zero attached hydrogens (tertiary/aromatic N) is 2. The molecule has 32 heavy (non-hydrogen) atoms. The fourth-order valence-corrected chi connectivity index (χ4v) is 4.89. The number of aromatic nitrogens is 2. The van der Waals surface area contributed by atoms with Crippen LogP contribution in [0.1, 0.15) is 103 Å². The molecule has 0 saturated heterocycles. The van der Waals surface area contributed by atoms with E-state index in [9.17, 15) is 0 Å². The van der Waals surface area contributed by atoms with Gasteiger partial charge in [-0.2, -0.15) is 0 Å². The van der Waals surface area contributed by atoms with E-state index in [1.165, 1.54) is 89.0 Å². The van der Waals surface area contributed by atoms with Gasteiger partial charge in [-0.3, -0.25) is 0 Å². The molecule has 2 atom stereocenters. The fraction of sp³-hybridized carbons (Fsp3) is 0.655. The van der Waals surface area contributed by atoms with Crippen LogP contribution >= 0.6 is 0 Å². The summed E-state index contributed by atoms with van der Waals surface area (Å²) in [5.74, 6) is 3.39. The number of hydrogen-bond acceptors (Lipinski definition) is 3. The Bertz CT molecular complexity index is 741. The lowest BCUT2D eigenvalue weighted by Crippen LogP contribution is -2.08. The molecule has 0 bridgehead atoms. The maximum absolute atomic E-state index is 6.05. The molecule has 1 aromatic heterocycles. The van der Waals surface area contributed by atoms with Crippen LogP contribution in [0.15, 0.2) is 36.7 Å². The second-order valence-corrected chi connectivity index (χ2v) is 9.78. The van der Waals surface area contributed by atoms with Crippen LogP contribution in [-0.4, -0.2) is 16.6 Å². The van der Waals surface area contributed by atoms with Gasteiger partial charge in [0.2, 0.25) is 0 Å². The highest BCUT2D eigenvalue weighted by atomic mass is 16.5. The summed E-state index contributed by atoms with van der Waals surface area (Å²) in [6.45, 7) is 5.43. The molecule has 0 aliphatic heterocycles. The van der Waals surface area contributed by atoms with Crippen LogP contribution in [-0.2, 0) is 6.42 Å². The highest BCUT2D eigenvalue weighted by molar-refractivity contribution is 5.55. The average Bonchev–Trinajstić information content (AvgIpc) is 3.31. The van der Waals surface area contributed by atoms with Crippen LogP contribution in [0.2, 0.25) is 0 Å². The average molecular weight is 437 g/mol. The van der Waals surface area contributed by atoms with Gasteiger partial charge in [0.05, 0.1) is 6.61 Å². The molecule has 1 fully saturated rings. The fourth-order valence-electron chi connectivity index (χ4n) is 4.89. The molecule has 1 saturated carbocycles. The Morgan fingerprint density at radius 2 is 1.41 bits per heavy atom. The number of aryl methyl sites for hydroxylation is 1. The maximum atomic E-state index is 6.05. The van der Waals surface area contributed by atoms with Gasteiger partial charge in [-0.15, -0.1) is 0 Å². The Hall–Kier alpha value is -1.90. The molecule has 1 aliphatic carbocycles. The van der Waals surface area contributed by atoms with E-state index < -0.39 is 0 Å². The third-order valence-corrected chi connectivity index (χ3v) is 7.10. The van der Waals surface area contributed by atoms with Gasteiger partial charge in [0.15, 0.2) is 5.82 Å². The van der Waals surface area contributed by atoms with Gasteiger partial charge in [0, 0.05) is 18.0 Å². The van der Waals surface area contributed by atoms with Crippen molar-refractivity contribution in [1.82, 2.24) is 9.97 Å². The molecule has 0 amide bonds. The van der Waals surface area contributed by atoms with Gasteiger partial charge >= 0.3 is 0 Å². The third kappa shape index (κ3) is 8.56. The molecule has 3 nitrogen and oxygen atoms in total. The van der Waals surface area contributed by atoms with E-state index in [1.54, 1.807) is 0 Å². The summed E-state index contributed by atoms with van der Waals surface area (Å²) in [4.78, 5) is 9.22. The largest absolute Gasteiger partial charge is 0.493 e. The molecule has 1 aromatic carbocycles. The number of rotatable bonds is 15. The summed E-state index contributed by atoms with van der Waals surface area (Å²) in [6.07, 6.45) is 22.7. The van der Waals surface area contributed by atoms with E-state index in [1.807, 2.05) is 12.4 Å². The first-order valence-electron chi connectivity index (χ1n) is 13.3. The van der Waals surface area contributed by atoms with Crippen LogP contribution in [0.25, 0.3) is 11.4 Å². The topological polar surface area (TPSA) is 35.0 Å². The molecule has 3 heteroatoms. The molecule has 1 heterocycles. The van der Waals surface area contributed by atoms with Crippen molar-refractivity contribution in [2.45, 2.75) is 104 Å². The first-order valence-corrected chi connectivity index (χ1v) is 13.3. The lowest BCUT2D eigenvalue weighted by molar-refractivity contribution is 0.247. The Labute approximate surface area is 196 Å².